The summed E-state index contributed by atoms with van der Waals surface area (Å²) in [6.45, 7) is -0.176. The van der Waals surface area contributed by atoms with Crippen LogP contribution in [0.4, 0.5) is 13.2 Å². The van der Waals surface area contributed by atoms with E-state index in [1.807, 2.05) is 0 Å². The minimum atomic E-state index is -4.89. The van der Waals surface area contributed by atoms with Crippen molar-refractivity contribution in [3.63, 3.8) is 0 Å². The van der Waals surface area contributed by atoms with Crippen LogP contribution in [0.25, 0.3) is 11.0 Å². The summed E-state index contributed by atoms with van der Waals surface area (Å²) in [4.78, 5) is 20.1. The van der Waals surface area contributed by atoms with Gasteiger partial charge in [0, 0.05) is 25.3 Å². The number of halogens is 3. The van der Waals surface area contributed by atoms with E-state index in [1.165, 1.54) is 17.2 Å². The van der Waals surface area contributed by atoms with E-state index in [0.29, 0.717) is 11.0 Å². The van der Waals surface area contributed by atoms with Gasteiger partial charge in [0.25, 0.3) is 0 Å². The number of rotatable bonds is 1. The van der Waals surface area contributed by atoms with Crippen LogP contribution < -0.4 is 5.73 Å². The lowest BCUT2D eigenvalue weighted by atomic mass is 10.00. The molecule has 0 spiro atoms. The van der Waals surface area contributed by atoms with Crippen molar-refractivity contribution in [1.29, 1.82) is 0 Å². The van der Waals surface area contributed by atoms with Gasteiger partial charge in [-0.1, -0.05) is 0 Å². The lowest BCUT2D eigenvalue weighted by Gasteiger charge is -2.37. The Hall–Kier alpha value is -2.23. The van der Waals surface area contributed by atoms with Crippen molar-refractivity contribution < 1.29 is 18.0 Å². The fraction of sp³-hybridized carbons (Fsp3) is 0.500. The normalized spacial score (nSPS) is 23.0. The zero-order valence-corrected chi connectivity index (χ0v) is 11.4. The second-order valence-corrected chi connectivity index (χ2v) is 5.16. The molecule has 2 atom stereocenters. The summed E-state index contributed by atoms with van der Waals surface area (Å²) in [5.74, 6) is -1.85. The first kappa shape index (κ1) is 14.7. The van der Waals surface area contributed by atoms with Crippen molar-refractivity contribution in [3.05, 3.63) is 18.7 Å². The van der Waals surface area contributed by atoms with E-state index in [0.717, 1.165) is 4.90 Å². The lowest BCUT2D eigenvalue weighted by molar-refractivity contribution is -0.187. The maximum atomic E-state index is 12.6. The Kier molecular flexibility index (Phi) is 3.47. The molecule has 0 aromatic carbocycles. The minimum absolute atomic E-state index is 0.0236. The maximum absolute atomic E-state index is 12.6. The van der Waals surface area contributed by atoms with Crippen molar-refractivity contribution in [2.45, 2.75) is 24.7 Å². The zero-order chi connectivity index (χ0) is 15.9. The summed E-state index contributed by atoms with van der Waals surface area (Å²) in [6.07, 6.45) is -0.224. The molecule has 22 heavy (non-hydrogen) atoms. The van der Waals surface area contributed by atoms with Gasteiger partial charge in [-0.3, -0.25) is 4.79 Å². The van der Waals surface area contributed by atoms with Gasteiger partial charge < -0.3 is 10.6 Å². The Balaban J connectivity index is 1.90. The number of amides is 1. The van der Waals surface area contributed by atoms with Crippen molar-refractivity contribution in [3.8, 4) is 0 Å². The smallest absolute Gasteiger partial charge is 0.333 e. The van der Waals surface area contributed by atoms with Gasteiger partial charge in [0.15, 0.2) is 5.65 Å². The van der Waals surface area contributed by atoms with Crippen LogP contribution in [-0.4, -0.2) is 55.9 Å². The van der Waals surface area contributed by atoms with Crippen LogP contribution in [0, 0.1) is 0 Å². The molecule has 1 aliphatic rings. The molecule has 1 saturated heterocycles. The quantitative estimate of drug-likeness (QED) is 0.827. The number of likely N-dealkylation sites (tertiary alicyclic amines) is 1. The monoisotopic (exact) mass is 314 g/mol. The summed E-state index contributed by atoms with van der Waals surface area (Å²) in [5.41, 5.74) is 6.49. The largest absolute Gasteiger partial charge is 0.471 e. The van der Waals surface area contributed by atoms with Crippen LogP contribution in [0.5, 0.6) is 0 Å². The van der Waals surface area contributed by atoms with Crippen LogP contribution in [0.2, 0.25) is 0 Å². The molecule has 2 unspecified atom stereocenters. The predicted octanol–water partition coefficient (Wildman–Crippen LogP) is 0.489. The van der Waals surface area contributed by atoms with Crippen molar-refractivity contribution in [1.82, 2.24) is 24.6 Å². The Morgan fingerprint density at radius 1 is 1.36 bits per heavy atom. The Morgan fingerprint density at radius 3 is 2.86 bits per heavy atom. The molecule has 1 fully saturated rings. The fourth-order valence-corrected chi connectivity index (χ4v) is 2.61. The van der Waals surface area contributed by atoms with Gasteiger partial charge in [0.1, 0.15) is 6.33 Å². The van der Waals surface area contributed by atoms with Gasteiger partial charge in [0.2, 0.25) is 0 Å². The average molecular weight is 314 g/mol. The van der Waals surface area contributed by atoms with Gasteiger partial charge in [-0.25, -0.2) is 14.6 Å². The minimum Gasteiger partial charge on any atom is -0.333 e. The standard InChI is InChI=1S/C12H13F3N6O/c13-12(14,15)11(22)20-2-1-8(16)9(5-20)21-10-7(4-19-21)3-17-6-18-10/h3-4,6,8-9H,1-2,5,16H2. The van der Waals surface area contributed by atoms with E-state index >= 15 is 0 Å². The van der Waals surface area contributed by atoms with Crippen molar-refractivity contribution >= 4 is 16.9 Å². The third-order valence-corrected chi connectivity index (χ3v) is 3.73. The van der Waals surface area contributed by atoms with E-state index in [9.17, 15) is 18.0 Å². The number of aromatic nitrogens is 4. The molecule has 0 radical (unpaired) electrons. The Bertz CT molecular complexity index is 699. The molecule has 2 aromatic heterocycles. The molecule has 7 nitrogen and oxygen atoms in total. The number of fused-ring (bicyclic) bond motifs is 1. The number of hydrogen-bond donors (Lipinski definition) is 1. The van der Waals surface area contributed by atoms with Crippen LogP contribution in [-0.2, 0) is 4.79 Å². The van der Waals surface area contributed by atoms with Gasteiger partial charge in [-0.2, -0.15) is 18.3 Å². The molecule has 1 amide bonds. The second kappa shape index (κ2) is 5.20. The number of nitrogens with two attached hydrogens (primary N) is 1. The molecule has 1 aliphatic heterocycles. The van der Waals surface area contributed by atoms with Crippen LogP contribution in [0.15, 0.2) is 18.7 Å². The summed E-state index contributed by atoms with van der Waals surface area (Å²) in [7, 11) is 0. The van der Waals surface area contributed by atoms with E-state index in [2.05, 4.69) is 15.1 Å². The number of piperidine rings is 1. The fourth-order valence-electron chi connectivity index (χ4n) is 2.61. The molecular weight excluding hydrogens is 301 g/mol. The first-order valence-electron chi connectivity index (χ1n) is 6.63. The van der Waals surface area contributed by atoms with Crippen LogP contribution >= 0.6 is 0 Å². The number of nitrogens with zero attached hydrogens (tertiary/aromatic N) is 5. The zero-order valence-electron chi connectivity index (χ0n) is 11.4. The first-order valence-corrected chi connectivity index (χ1v) is 6.63. The summed E-state index contributed by atoms with van der Waals surface area (Å²) in [6, 6.07) is -0.970. The van der Waals surface area contributed by atoms with E-state index in [4.69, 9.17) is 5.73 Å². The molecule has 0 bridgehead atoms. The highest BCUT2D eigenvalue weighted by molar-refractivity contribution is 5.82. The third-order valence-electron chi connectivity index (χ3n) is 3.73. The molecule has 0 aliphatic carbocycles. The predicted molar refractivity (Wildman–Crippen MR) is 69.6 cm³/mol. The van der Waals surface area contributed by atoms with Crippen molar-refractivity contribution in [2.24, 2.45) is 5.73 Å². The lowest BCUT2D eigenvalue weighted by Crippen LogP contribution is -2.53. The number of carbonyl (C=O) groups excluding carboxylic acids is 1. The van der Waals surface area contributed by atoms with E-state index in [1.54, 1.807) is 6.20 Å². The maximum Gasteiger partial charge on any atom is 0.471 e. The summed E-state index contributed by atoms with van der Waals surface area (Å²) < 4.78 is 39.2. The number of carbonyl (C=O) groups is 1. The highest BCUT2D eigenvalue weighted by Gasteiger charge is 2.45. The molecule has 2 N–H and O–H groups in total. The van der Waals surface area contributed by atoms with Crippen LogP contribution in [0.1, 0.15) is 12.5 Å². The number of alkyl halides is 3. The summed E-state index contributed by atoms with van der Waals surface area (Å²) in [5, 5.41) is 4.80. The second-order valence-electron chi connectivity index (χ2n) is 5.16. The topological polar surface area (TPSA) is 89.9 Å². The van der Waals surface area contributed by atoms with Gasteiger partial charge in [-0.15, -0.1) is 0 Å². The summed E-state index contributed by atoms with van der Waals surface area (Å²) >= 11 is 0. The SMILES string of the molecule is NC1CCN(C(=O)C(F)(F)F)CC1n1ncc2cncnc21. The van der Waals surface area contributed by atoms with E-state index in [-0.39, 0.29) is 19.5 Å². The molecule has 3 heterocycles. The Labute approximate surface area is 122 Å². The highest BCUT2D eigenvalue weighted by Crippen LogP contribution is 2.27. The molecular formula is C12H13F3N6O. The number of hydrogen-bond acceptors (Lipinski definition) is 5. The average Bonchev–Trinajstić information content (AvgIpc) is 2.90. The molecule has 118 valence electrons. The third kappa shape index (κ3) is 2.49. The van der Waals surface area contributed by atoms with Gasteiger partial charge in [0.05, 0.1) is 17.6 Å². The molecule has 2 aromatic rings. The van der Waals surface area contributed by atoms with Crippen molar-refractivity contribution in [2.75, 3.05) is 13.1 Å². The van der Waals surface area contributed by atoms with Crippen LogP contribution in [0.3, 0.4) is 0 Å². The first-order chi connectivity index (χ1) is 10.4. The van der Waals surface area contributed by atoms with Gasteiger partial charge in [-0.05, 0) is 6.42 Å². The highest BCUT2D eigenvalue weighted by atomic mass is 19.4. The molecule has 10 heteroatoms. The van der Waals surface area contributed by atoms with Gasteiger partial charge >= 0.3 is 12.1 Å². The van der Waals surface area contributed by atoms with E-state index < -0.39 is 24.2 Å². The Morgan fingerprint density at radius 2 is 2.14 bits per heavy atom. The molecule has 3 rings (SSSR count). The molecule has 0 saturated carbocycles.